The monoisotopic (exact) mass is 307 g/mol. The molecule has 0 aromatic heterocycles. The zero-order valence-corrected chi connectivity index (χ0v) is 12.0. The number of piperidine rings is 1. The molecule has 3 heteroatoms. The number of ketones is 1. The average molecular weight is 308 g/mol. The summed E-state index contributed by atoms with van der Waals surface area (Å²) < 4.78 is 1.07. The van der Waals surface area contributed by atoms with Gasteiger partial charge in [0.15, 0.2) is 0 Å². The molecule has 1 aliphatic heterocycles. The van der Waals surface area contributed by atoms with Crippen LogP contribution in [0.15, 0.2) is 28.7 Å². The SMILES string of the molecule is O=C(Cc1ccc(Br)cc1)C1CC12CCNCC2. The van der Waals surface area contributed by atoms with E-state index in [1.807, 2.05) is 24.3 Å². The summed E-state index contributed by atoms with van der Waals surface area (Å²) in [6, 6.07) is 8.10. The van der Waals surface area contributed by atoms with Gasteiger partial charge in [-0.2, -0.15) is 0 Å². The predicted molar refractivity (Wildman–Crippen MR) is 75.5 cm³/mol. The standard InChI is InChI=1S/C15H18BrNO/c16-12-3-1-11(2-4-12)9-14(18)13-10-15(13)5-7-17-8-6-15/h1-4,13,17H,5-10H2. The smallest absolute Gasteiger partial charge is 0.140 e. The van der Waals surface area contributed by atoms with E-state index in [2.05, 4.69) is 21.2 Å². The molecule has 1 spiro atoms. The van der Waals surface area contributed by atoms with Crippen LogP contribution < -0.4 is 5.32 Å². The van der Waals surface area contributed by atoms with Crippen molar-refractivity contribution in [2.24, 2.45) is 11.3 Å². The molecule has 1 atom stereocenters. The minimum Gasteiger partial charge on any atom is -0.317 e. The van der Waals surface area contributed by atoms with Crippen molar-refractivity contribution in [3.05, 3.63) is 34.3 Å². The van der Waals surface area contributed by atoms with Crippen LogP contribution in [0.25, 0.3) is 0 Å². The van der Waals surface area contributed by atoms with E-state index in [1.54, 1.807) is 0 Å². The Morgan fingerprint density at radius 1 is 1.28 bits per heavy atom. The fraction of sp³-hybridized carbons (Fsp3) is 0.533. The number of hydrogen-bond donors (Lipinski definition) is 1. The number of halogens is 1. The predicted octanol–water partition coefficient (Wildman–Crippen LogP) is 2.95. The Hall–Kier alpha value is -0.670. The molecule has 1 aromatic rings. The summed E-state index contributed by atoms with van der Waals surface area (Å²) in [4.78, 5) is 12.3. The molecule has 96 valence electrons. The van der Waals surface area contributed by atoms with E-state index in [0.717, 1.165) is 29.5 Å². The van der Waals surface area contributed by atoms with E-state index in [4.69, 9.17) is 0 Å². The molecule has 2 aliphatic rings. The molecule has 1 unspecified atom stereocenters. The molecular weight excluding hydrogens is 290 g/mol. The van der Waals surface area contributed by atoms with Crippen molar-refractivity contribution < 1.29 is 4.79 Å². The quantitative estimate of drug-likeness (QED) is 0.930. The van der Waals surface area contributed by atoms with Crippen molar-refractivity contribution in [2.75, 3.05) is 13.1 Å². The van der Waals surface area contributed by atoms with Crippen LogP contribution in [0.3, 0.4) is 0 Å². The molecule has 1 aliphatic carbocycles. The molecule has 1 aromatic carbocycles. The molecule has 1 N–H and O–H groups in total. The Morgan fingerprint density at radius 2 is 1.94 bits per heavy atom. The van der Waals surface area contributed by atoms with Crippen molar-refractivity contribution in [2.45, 2.75) is 25.7 Å². The lowest BCUT2D eigenvalue weighted by molar-refractivity contribution is -0.120. The largest absolute Gasteiger partial charge is 0.317 e. The van der Waals surface area contributed by atoms with Crippen LogP contribution in [0, 0.1) is 11.3 Å². The number of hydrogen-bond acceptors (Lipinski definition) is 2. The highest BCUT2D eigenvalue weighted by molar-refractivity contribution is 9.10. The fourth-order valence-corrected chi connectivity index (χ4v) is 3.47. The van der Waals surface area contributed by atoms with Gasteiger partial charge in [0.1, 0.15) is 5.78 Å². The van der Waals surface area contributed by atoms with Crippen LogP contribution in [0.4, 0.5) is 0 Å². The Labute approximate surface area is 116 Å². The van der Waals surface area contributed by atoms with Crippen LogP contribution >= 0.6 is 15.9 Å². The Kier molecular flexibility index (Phi) is 3.29. The normalized spacial score (nSPS) is 25.1. The number of benzene rings is 1. The van der Waals surface area contributed by atoms with E-state index in [-0.39, 0.29) is 0 Å². The maximum Gasteiger partial charge on any atom is 0.140 e. The van der Waals surface area contributed by atoms with E-state index < -0.39 is 0 Å². The molecular formula is C15H18BrNO. The van der Waals surface area contributed by atoms with Gasteiger partial charge in [-0.1, -0.05) is 28.1 Å². The Balaban J connectivity index is 1.61. The van der Waals surface area contributed by atoms with Gasteiger partial charge in [0.05, 0.1) is 0 Å². The molecule has 0 bridgehead atoms. The molecule has 1 heterocycles. The number of nitrogens with one attached hydrogen (secondary N) is 1. The highest BCUT2D eigenvalue weighted by Gasteiger charge is 2.56. The molecule has 1 saturated heterocycles. The Morgan fingerprint density at radius 3 is 2.61 bits per heavy atom. The molecule has 18 heavy (non-hydrogen) atoms. The first kappa shape index (κ1) is 12.4. The van der Waals surface area contributed by atoms with Crippen molar-refractivity contribution in [1.29, 1.82) is 0 Å². The van der Waals surface area contributed by atoms with Gasteiger partial charge >= 0.3 is 0 Å². The zero-order valence-electron chi connectivity index (χ0n) is 10.4. The van der Waals surface area contributed by atoms with Crippen LogP contribution in [-0.2, 0) is 11.2 Å². The summed E-state index contributed by atoms with van der Waals surface area (Å²) >= 11 is 3.42. The van der Waals surface area contributed by atoms with Crippen LogP contribution in [-0.4, -0.2) is 18.9 Å². The topological polar surface area (TPSA) is 29.1 Å². The highest BCUT2D eigenvalue weighted by Crippen LogP contribution is 2.59. The van der Waals surface area contributed by atoms with E-state index in [9.17, 15) is 4.79 Å². The number of rotatable bonds is 3. The van der Waals surface area contributed by atoms with Gasteiger partial charge in [0.25, 0.3) is 0 Å². The molecule has 0 radical (unpaired) electrons. The van der Waals surface area contributed by atoms with E-state index in [0.29, 0.717) is 23.5 Å². The third-order valence-corrected chi connectivity index (χ3v) is 5.00. The summed E-state index contributed by atoms with van der Waals surface area (Å²) in [5, 5.41) is 3.38. The third-order valence-electron chi connectivity index (χ3n) is 4.47. The van der Waals surface area contributed by atoms with Crippen LogP contribution in [0.1, 0.15) is 24.8 Å². The lowest BCUT2D eigenvalue weighted by atomic mass is 9.89. The first-order valence-electron chi connectivity index (χ1n) is 6.67. The molecule has 1 saturated carbocycles. The second-order valence-electron chi connectivity index (χ2n) is 5.64. The summed E-state index contributed by atoms with van der Waals surface area (Å²) in [5.74, 6) is 0.780. The highest BCUT2D eigenvalue weighted by atomic mass is 79.9. The van der Waals surface area contributed by atoms with Gasteiger partial charge in [-0.3, -0.25) is 4.79 Å². The lowest BCUT2D eigenvalue weighted by Gasteiger charge is -2.23. The van der Waals surface area contributed by atoms with Crippen molar-refractivity contribution in [3.63, 3.8) is 0 Å². The first-order valence-corrected chi connectivity index (χ1v) is 7.47. The first-order chi connectivity index (χ1) is 8.70. The second kappa shape index (κ2) is 4.78. The van der Waals surface area contributed by atoms with Gasteiger partial charge in [-0.05, 0) is 55.5 Å². The van der Waals surface area contributed by atoms with Crippen molar-refractivity contribution in [1.82, 2.24) is 5.32 Å². The average Bonchev–Trinajstić information content (AvgIpc) is 3.07. The second-order valence-corrected chi connectivity index (χ2v) is 6.55. The Bertz CT molecular complexity index is 448. The number of carbonyl (C=O) groups excluding carboxylic acids is 1. The molecule has 2 fully saturated rings. The summed E-state index contributed by atoms with van der Waals surface area (Å²) in [7, 11) is 0. The summed E-state index contributed by atoms with van der Waals surface area (Å²) in [5.41, 5.74) is 1.51. The van der Waals surface area contributed by atoms with Gasteiger partial charge in [0.2, 0.25) is 0 Å². The van der Waals surface area contributed by atoms with E-state index in [1.165, 1.54) is 12.8 Å². The minimum atomic E-state index is 0.336. The lowest BCUT2D eigenvalue weighted by Crippen LogP contribution is -2.30. The number of carbonyl (C=O) groups is 1. The van der Waals surface area contributed by atoms with Crippen LogP contribution in [0.5, 0.6) is 0 Å². The molecule has 3 rings (SSSR count). The minimum absolute atomic E-state index is 0.336. The summed E-state index contributed by atoms with van der Waals surface area (Å²) in [6.45, 7) is 2.17. The maximum absolute atomic E-state index is 12.3. The van der Waals surface area contributed by atoms with Crippen LogP contribution in [0.2, 0.25) is 0 Å². The maximum atomic E-state index is 12.3. The van der Waals surface area contributed by atoms with Gasteiger partial charge < -0.3 is 5.32 Å². The van der Waals surface area contributed by atoms with Crippen molar-refractivity contribution >= 4 is 21.7 Å². The van der Waals surface area contributed by atoms with Gasteiger partial charge in [0, 0.05) is 16.8 Å². The van der Waals surface area contributed by atoms with Gasteiger partial charge in [-0.25, -0.2) is 0 Å². The molecule has 0 amide bonds. The van der Waals surface area contributed by atoms with Crippen molar-refractivity contribution in [3.8, 4) is 0 Å². The van der Waals surface area contributed by atoms with Gasteiger partial charge in [-0.15, -0.1) is 0 Å². The molecule has 2 nitrogen and oxygen atoms in total. The zero-order chi connectivity index (χ0) is 12.6. The third kappa shape index (κ3) is 2.39. The van der Waals surface area contributed by atoms with E-state index >= 15 is 0 Å². The number of Topliss-reactive ketones (excluding diaryl/α,β-unsaturated/α-hetero) is 1. The summed E-state index contributed by atoms with van der Waals surface area (Å²) in [6.07, 6.45) is 4.10. The fourth-order valence-electron chi connectivity index (χ4n) is 3.21.